The molecule has 0 heterocycles. The Bertz CT molecular complexity index is 698. The predicted molar refractivity (Wildman–Crippen MR) is 86.9 cm³/mol. The lowest BCUT2D eigenvalue weighted by Crippen LogP contribution is -2.12. The Labute approximate surface area is 129 Å². The molecule has 0 saturated heterocycles. The zero-order valence-electron chi connectivity index (χ0n) is 12.2. The van der Waals surface area contributed by atoms with Crippen LogP contribution >= 0.6 is 0 Å². The fourth-order valence-electron chi connectivity index (χ4n) is 1.88. The van der Waals surface area contributed by atoms with Crippen molar-refractivity contribution in [1.29, 1.82) is 0 Å². The van der Waals surface area contributed by atoms with Gasteiger partial charge in [-0.3, -0.25) is 4.79 Å². The number of carbonyl (C=O) groups is 2. The summed E-state index contributed by atoms with van der Waals surface area (Å²) < 4.78 is 4.70. The summed E-state index contributed by atoms with van der Waals surface area (Å²) in [5.41, 5.74) is 1.66. The average molecular weight is 292 g/mol. The number of rotatable bonds is 5. The molecule has 2 aromatic carbocycles. The minimum absolute atomic E-state index is 0.000816. The standard InChI is InChI=1S/C19H16O3/c1-22-19(21)17(14-16-10-6-3-7-11-16)18(20)13-12-15-8-4-2-5-9-15/h2-14H,1H3/b13-12+,17-14-. The van der Waals surface area contributed by atoms with E-state index in [0.29, 0.717) is 0 Å². The Balaban J connectivity index is 2.26. The zero-order chi connectivity index (χ0) is 15.8. The van der Waals surface area contributed by atoms with Gasteiger partial charge in [0.25, 0.3) is 0 Å². The van der Waals surface area contributed by atoms with Crippen LogP contribution in [0.1, 0.15) is 11.1 Å². The van der Waals surface area contributed by atoms with Gasteiger partial charge in [-0.2, -0.15) is 0 Å². The maximum Gasteiger partial charge on any atom is 0.341 e. The molecule has 0 bridgehead atoms. The summed E-state index contributed by atoms with van der Waals surface area (Å²) in [6.07, 6.45) is 4.58. The predicted octanol–water partition coefficient (Wildman–Crippen LogP) is 3.53. The minimum atomic E-state index is -0.647. The topological polar surface area (TPSA) is 43.4 Å². The first-order valence-electron chi connectivity index (χ1n) is 6.83. The summed E-state index contributed by atoms with van der Waals surface area (Å²) in [5.74, 6) is -1.04. The van der Waals surface area contributed by atoms with Crippen molar-refractivity contribution in [3.8, 4) is 0 Å². The van der Waals surface area contributed by atoms with Gasteiger partial charge in [-0.1, -0.05) is 66.7 Å². The third-order valence-corrected chi connectivity index (χ3v) is 3.01. The molecular formula is C19H16O3. The van der Waals surface area contributed by atoms with E-state index < -0.39 is 5.97 Å². The third-order valence-electron chi connectivity index (χ3n) is 3.01. The Kier molecular flexibility index (Phi) is 5.44. The lowest BCUT2D eigenvalue weighted by Gasteiger charge is -2.02. The molecule has 0 fully saturated rings. The maximum absolute atomic E-state index is 12.3. The lowest BCUT2D eigenvalue weighted by atomic mass is 10.1. The van der Waals surface area contributed by atoms with Crippen LogP contribution in [0.25, 0.3) is 12.2 Å². The van der Waals surface area contributed by atoms with Crippen LogP contribution in [0.2, 0.25) is 0 Å². The van der Waals surface area contributed by atoms with Gasteiger partial charge < -0.3 is 4.74 Å². The lowest BCUT2D eigenvalue weighted by molar-refractivity contribution is -0.137. The van der Waals surface area contributed by atoms with Crippen molar-refractivity contribution in [3.63, 3.8) is 0 Å². The van der Waals surface area contributed by atoms with E-state index in [-0.39, 0.29) is 11.4 Å². The van der Waals surface area contributed by atoms with Crippen molar-refractivity contribution in [2.24, 2.45) is 0 Å². The summed E-state index contributed by atoms with van der Waals surface area (Å²) >= 11 is 0. The Morgan fingerprint density at radius 3 is 1.95 bits per heavy atom. The van der Waals surface area contributed by atoms with Crippen LogP contribution in [0.5, 0.6) is 0 Å². The number of esters is 1. The Morgan fingerprint density at radius 1 is 0.864 bits per heavy atom. The number of allylic oxidation sites excluding steroid dienone is 1. The molecule has 22 heavy (non-hydrogen) atoms. The van der Waals surface area contributed by atoms with Gasteiger partial charge in [-0.15, -0.1) is 0 Å². The van der Waals surface area contributed by atoms with E-state index in [9.17, 15) is 9.59 Å². The normalized spacial score (nSPS) is 11.4. The van der Waals surface area contributed by atoms with Crippen LogP contribution in [0.4, 0.5) is 0 Å². The third kappa shape index (κ3) is 4.28. The highest BCUT2D eigenvalue weighted by atomic mass is 16.5. The molecule has 0 unspecified atom stereocenters. The van der Waals surface area contributed by atoms with Gasteiger partial charge in [0, 0.05) is 0 Å². The van der Waals surface area contributed by atoms with E-state index in [1.807, 2.05) is 60.7 Å². The zero-order valence-corrected chi connectivity index (χ0v) is 12.2. The van der Waals surface area contributed by atoms with E-state index in [4.69, 9.17) is 4.74 Å². The number of methoxy groups -OCH3 is 1. The highest BCUT2D eigenvalue weighted by molar-refractivity contribution is 6.25. The molecule has 110 valence electrons. The SMILES string of the molecule is COC(=O)/C(=C\c1ccccc1)C(=O)/C=C/c1ccccc1. The monoisotopic (exact) mass is 292 g/mol. The largest absolute Gasteiger partial charge is 0.465 e. The highest BCUT2D eigenvalue weighted by Gasteiger charge is 2.16. The van der Waals surface area contributed by atoms with E-state index in [1.165, 1.54) is 19.3 Å². The molecular weight excluding hydrogens is 276 g/mol. The van der Waals surface area contributed by atoms with Crippen LogP contribution in [-0.4, -0.2) is 18.9 Å². The molecule has 3 heteroatoms. The average Bonchev–Trinajstić information content (AvgIpc) is 2.58. The first-order chi connectivity index (χ1) is 10.7. The molecule has 2 aromatic rings. The van der Waals surface area contributed by atoms with E-state index in [0.717, 1.165) is 11.1 Å². The molecule has 0 aliphatic heterocycles. The van der Waals surface area contributed by atoms with Gasteiger partial charge in [0.1, 0.15) is 5.57 Å². The van der Waals surface area contributed by atoms with Crippen molar-refractivity contribution in [2.75, 3.05) is 7.11 Å². The number of hydrogen-bond acceptors (Lipinski definition) is 3. The summed E-state index contributed by atoms with van der Waals surface area (Å²) in [4.78, 5) is 24.1. The number of ketones is 1. The maximum atomic E-state index is 12.3. The molecule has 0 radical (unpaired) electrons. The molecule has 0 aliphatic rings. The van der Waals surface area contributed by atoms with Crippen LogP contribution in [0, 0.1) is 0 Å². The van der Waals surface area contributed by atoms with Gasteiger partial charge >= 0.3 is 5.97 Å². The molecule has 0 aliphatic carbocycles. The number of ether oxygens (including phenoxy) is 1. The van der Waals surface area contributed by atoms with Gasteiger partial charge in [0.2, 0.25) is 0 Å². The second-order valence-corrected chi connectivity index (χ2v) is 4.57. The first kappa shape index (κ1) is 15.4. The summed E-state index contributed by atoms with van der Waals surface area (Å²) in [7, 11) is 1.26. The van der Waals surface area contributed by atoms with Crippen LogP contribution in [-0.2, 0) is 14.3 Å². The second kappa shape index (κ2) is 7.74. The first-order valence-corrected chi connectivity index (χ1v) is 6.83. The Hall–Kier alpha value is -2.94. The number of benzene rings is 2. The second-order valence-electron chi connectivity index (χ2n) is 4.57. The molecule has 0 N–H and O–H groups in total. The number of carbonyl (C=O) groups excluding carboxylic acids is 2. The number of hydrogen-bond donors (Lipinski definition) is 0. The smallest absolute Gasteiger partial charge is 0.341 e. The minimum Gasteiger partial charge on any atom is -0.465 e. The van der Waals surface area contributed by atoms with Gasteiger partial charge in [0.05, 0.1) is 7.11 Å². The summed E-state index contributed by atoms with van der Waals surface area (Å²) in [5, 5.41) is 0. The Morgan fingerprint density at radius 2 is 1.41 bits per heavy atom. The van der Waals surface area contributed by atoms with E-state index in [2.05, 4.69) is 0 Å². The fraction of sp³-hybridized carbons (Fsp3) is 0.0526. The van der Waals surface area contributed by atoms with Crippen LogP contribution in [0.3, 0.4) is 0 Å². The van der Waals surface area contributed by atoms with Crippen LogP contribution in [0.15, 0.2) is 72.3 Å². The molecule has 0 amide bonds. The van der Waals surface area contributed by atoms with Gasteiger partial charge in [0.15, 0.2) is 5.78 Å². The highest BCUT2D eigenvalue weighted by Crippen LogP contribution is 2.11. The van der Waals surface area contributed by atoms with Crippen LogP contribution < -0.4 is 0 Å². The molecule has 0 aromatic heterocycles. The van der Waals surface area contributed by atoms with E-state index in [1.54, 1.807) is 6.08 Å². The van der Waals surface area contributed by atoms with Crippen molar-refractivity contribution < 1.29 is 14.3 Å². The molecule has 0 spiro atoms. The summed E-state index contributed by atoms with van der Waals surface area (Å²) in [6, 6.07) is 18.6. The fourth-order valence-corrected chi connectivity index (χ4v) is 1.88. The molecule has 0 atom stereocenters. The van der Waals surface area contributed by atoms with Crippen molar-refractivity contribution >= 4 is 23.9 Å². The molecule has 0 saturated carbocycles. The summed E-state index contributed by atoms with van der Waals surface area (Å²) in [6.45, 7) is 0. The quantitative estimate of drug-likeness (QED) is 0.366. The van der Waals surface area contributed by atoms with E-state index >= 15 is 0 Å². The van der Waals surface area contributed by atoms with Gasteiger partial charge in [-0.25, -0.2) is 4.79 Å². The molecule has 3 nitrogen and oxygen atoms in total. The van der Waals surface area contributed by atoms with Gasteiger partial charge in [-0.05, 0) is 23.3 Å². The van der Waals surface area contributed by atoms with Crippen molar-refractivity contribution in [1.82, 2.24) is 0 Å². The van der Waals surface area contributed by atoms with Crippen molar-refractivity contribution in [2.45, 2.75) is 0 Å². The molecule has 2 rings (SSSR count). The van der Waals surface area contributed by atoms with Crippen molar-refractivity contribution in [3.05, 3.63) is 83.4 Å².